The summed E-state index contributed by atoms with van der Waals surface area (Å²) in [4.78, 5) is 25.9. The number of amides is 2. The first-order valence-corrected chi connectivity index (χ1v) is 7.21. The monoisotopic (exact) mass is 283 g/mol. The number of carbonyl (C=O) groups excluding carboxylic acids is 1. The van der Waals surface area contributed by atoms with E-state index in [4.69, 9.17) is 5.11 Å². The number of carboxylic acids is 1. The van der Waals surface area contributed by atoms with Crippen LogP contribution in [-0.2, 0) is 11.2 Å². The highest BCUT2D eigenvalue weighted by atomic mass is 32.2. The van der Waals surface area contributed by atoms with Crippen molar-refractivity contribution in [3.63, 3.8) is 0 Å². The molecule has 19 heavy (non-hydrogen) atoms. The number of urea groups is 1. The maximum Gasteiger partial charge on any atom is 0.319 e. The minimum absolute atomic E-state index is 0.124. The number of rotatable bonds is 7. The minimum Gasteiger partial charge on any atom is -0.481 e. The summed E-state index contributed by atoms with van der Waals surface area (Å²) < 4.78 is 0. The molecule has 0 radical (unpaired) electrons. The van der Waals surface area contributed by atoms with Gasteiger partial charge >= 0.3 is 12.0 Å². The zero-order chi connectivity index (χ0) is 14.1. The van der Waals surface area contributed by atoms with Gasteiger partial charge in [-0.2, -0.15) is 11.8 Å². The van der Waals surface area contributed by atoms with Crippen LogP contribution in [-0.4, -0.2) is 40.6 Å². The third-order valence-corrected chi connectivity index (χ3v) is 2.92. The second-order valence-corrected chi connectivity index (χ2v) is 4.82. The van der Waals surface area contributed by atoms with Crippen molar-refractivity contribution in [2.45, 2.75) is 12.8 Å². The summed E-state index contributed by atoms with van der Waals surface area (Å²) in [6.07, 6.45) is 4.26. The van der Waals surface area contributed by atoms with Crippen LogP contribution in [0.1, 0.15) is 12.1 Å². The molecule has 1 aromatic rings. The lowest BCUT2D eigenvalue weighted by atomic mass is 10.2. The number of pyridine rings is 1. The van der Waals surface area contributed by atoms with Crippen LogP contribution in [0.5, 0.6) is 0 Å². The molecule has 6 nitrogen and oxygen atoms in total. The van der Waals surface area contributed by atoms with Crippen molar-refractivity contribution in [2.24, 2.45) is 0 Å². The van der Waals surface area contributed by atoms with Gasteiger partial charge in [0.05, 0.1) is 24.0 Å². The molecule has 0 bridgehead atoms. The van der Waals surface area contributed by atoms with Crippen LogP contribution in [0.25, 0.3) is 0 Å². The van der Waals surface area contributed by atoms with Crippen LogP contribution in [0.4, 0.5) is 10.5 Å². The van der Waals surface area contributed by atoms with E-state index in [1.54, 1.807) is 23.9 Å². The number of nitrogens with one attached hydrogen (secondary N) is 2. The topological polar surface area (TPSA) is 91.3 Å². The van der Waals surface area contributed by atoms with Crippen molar-refractivity contribution in [1.82, 2.24) is 10.3 Å². The molecular weight excluding hydrogens is 266 g/mol. The minimum atomic E-state index is -0.931. The molecule has 1 rings (SSSR count). The predicted molar refractivity (Wildman–Crippen MR) is 75.6 cm³/mol. The van der Waals surface area contributed by atoms with Gasteiger partial charge < -0.3 is 15.7 Å². The molecule has 7 heteroatoms. The highest BCUT2D eigenvalue weighted by Crippen LogP contribution is 2.06. The molecule has 0 aliphatic heterocycles. The van der Waals surface area contributed by atoms with Crippen molar-refractivity contribution in [1.29, 1.82) is 0 Å². The van der Waals surface area contributed by atoms with Crippen molar-refractivity contribution < 1.29 is 14.7 Å². The Bertz CT molecular complexity index is 423. The van der Waals surface area contributed by atoms with Gasteiger partial charge in [0.1, 0.15) is 0 Å². The molecule has 1 aromatic heterocycles. The number of anilines is 1. The largest absolute Gasteiger partial charge is 0.481 e. The number of thioether (sulfide) groups is 1. The summed E-state index contributed by atoms with van der Waals surface area (Å²) in [5.74, 6) is 0.0749. The van der Waals surface area contributed by atoms with Crippen LogP contribution in [0, 0.1) is 0 Å². The number of aromatic nitrogens is 1. The fourth-order valence-corrected chi connectivity index (χ4v) is 1.78. The third kappa shape index (κ3) is 6.66. The second kappa shape index (κ2) is 8.36. The summed E-state index contributed by atoms with van der Waals surface area (Å²) in [6.45, 7) is 0.622. The first-order valence-electron chi connectivity index (χ1n) is 5.82. The molecule has 0 saturated carbocycles. The first kappa shape index (κ1) is 15.3. The molecule has 0 unspecified atom stereocenters. The van der Waals surface area contributed by atoms with Gasteiger partial charge in [0, 0.05) is 6.54 Å². The molecule has 0 saturated heterocycles. The Labute approximate surface area is 116 Å². The van der Waals surface area contributed by atoms with Gasteiger partial charge in [-0.15, -0.1) is 0 Å². The van der Waals surface area contributed by atoms with E-state index >= 15 is 0 Å². The fraction of sp³-hybridized carbons (Fsp3) is 0.417. The highest BCUT2D eigenvalue weighted by molar-refractivity contribution is 7.98. The summed E-state index contributed by atoms with van der Waals surface area (Å²) in [5, 5.41) is 14.0. The predicted octanol–water partition coefficient (Wildman–Crippen LogP) is 1.58. The lowest BCUT2D eigenvalue weighted by molar-refractivity contribution is -0.136. The van der Waals surface area contributed by atoms with Crippen molar-refractivity contribution in [2.75, 3.05) is 23.9 Å². The number of aliphatic carboxylic acids is 1. The number of carbonyl (C=O) groups is 2. The molecule has 0 fully saturated rings. The van der Waals surface area contributed by atoms with Crippen molar-refractivity contribution in [3.05, 3.63) is 24.0 Å². The number of nitrogens with zero attached hydrogens (tertiary/aromatic N) is 1. The molecular formula is C12H17N3O3S. The van der Waals surface area contributed by atoms with E-state index in [2.05, 4.69) is 15.6 Å². The number of carboxylic acid groups (broad SMARTS) is 1. The average molecular weight is 283 g/mol. The van der Waals surface area contributed by atoms with Crippen LogP contribution in [0.15, 0.2) is 18.3 Å². The third-order valence-electron chi connectivity index (χ3n) is 2.23. The zero-order valence-electron chi connectivity index (χ0n) is 10.7. The summed E-state index contributed by atoms with van der Waals surface area (Å²) in [6, 6.07) is 2.93. The molecule has 0 spiro atoms. The van der Waals surface area contributed by atoms with Gasteiger partial charge in [-0.05, 0) is 30.6 Å². The van der Waals surface area contributed by atoms with Crippen molar-refractivity contribution >= 4 is 29.4 Å². The normalized spacial score (nSPS) is 9.95. The van der Waals surface area contributed by atoms with Crippen LogP contribution in [0.2, 0.25) is 0 Å². The number of hydrogen-bond donors (Lipinski definition) is 3. The van der Waals surface area contributed by atoms with Gasteiger partial charge in [-0.25, -0.2) is 4.79 Å². The average Bonchev–Trinajstić information content (AvgIpc) is 2.36. The smallest absolute Gasteiger partial charge is 0.319 e. The van der Waals surface area contributed by atoms with Crippen molar-refractivity contribution in [3.8, 4) is 0 Å². The molecule has 0 aliphatic rings. The Balaban J connectivity index is 2.36. The van der Waals surface area contributed by atoms with E-state index in [-0.39, 0.29) is 12.5 Å². The second-order valence-electron chi connectivity index (χ2n) is 3.84. The van der Waals surface area contributed by atoms with Gasteiger partial charge in [-0.1, -0.05) is 0 Å². The molecule has 104 valence electrons. The Kier molecular flexibility index (Phi) is 6.73. The lowest BCUT2D eigenvalue weighted by Crippen LogP contribution is -2.29. The van der Waals surface area contributed by atoms with E-state index in [0.29, 0.717) is 17.9 Å². The molecule has 3 N–H and O–H groups in total. The highest BCUT2D eigenvalue weighted by Gasteiger charge is 2.04. The van der Waals surface area contributed by atoms with E-state index in [1.807, 2.05) is 6.26 Å². The van der Waals surface area contributed by atoms with E-state index in [0.717, 1.165) is 12.2 Å². The maximum absolute atomic E-state index is 11.5. The van der Waals surface area contributed by atoms with Gasteiger partial charge in [-0.3, -0.25) is 9.78 Å². The quantitative estimate of drug-likeness (QED) is 0.661. The van der Waals surface area contributed by atoms with Crippen LogP contribution < -0.4 is 10.6 Å². The Morgan fingerprint density at radius 2 is 2.21 bits per heavy atom. The van der Waals surface area contributed by atoms with Crippen LogP contribution >= 0.6 is 11.8 Å². The number of hydrogen-bond acceptors (Lipinski definition) is 4. The first-order chi connectivity index (χ1) is 9.11. The Morgan fingerprint density at radius 3 is 2.79 bits per heavy atom. The molecule has 2 amide bonds. The zero-order valence-corrected chi connectivity index (χ0v) is 11.5. The van der Waals surface area contributed by atoms with Gasteiger partial charge in [0.25, 0.3) is 0 Å². The van der Waals surface area contributed by atoms with Gasteiger partial charge in [0.2, 0.25) is 0 Å². The van der Waals surface area contributed by atoms with E-state index < -0.39 is 5.97 Å². The Hall–Kier alpha value is -1.76. The Morgan fingerprint density at radius 1 is 1.42 bits per heavy atom. The standard InChI is InChI=1S/C12H17N3O3S/c1-19-6-2-5-13-12(18)15-10-4-3-9(14-8-10)7-11(16)17/h3-4,8H,2,5-7H2,1H3,(H,16,17)(H2,13,15,18). The SMILES string of the molecule is CSCCCNC(=O)Nc1ccc(CC(=O)O)nc1. The lowest BCUT2D eigenvalue weighted by Gasteiger charge is -2.07. The van der Waals surface area contributed by atoms with Gasteiger partial charge in [0.15, 0.2) is 0 Å². The van der Waals surface area contributed by atoms with E-state index in [1.165, 1.54) is 6.20 Å². The fourth-order valence-electron chi connectivity index (χ4n) is 1.35. The van der Waals surface area contributed by atoms with E-state index in [9.17, 15) is 9.59 Å². The maximum atomic E-state index is 11.5. The molecule has 0 atom stereocenters. The summed E-state index contributed by atoms with van der Waals surface area (Å²) in [7, 11) is 0. The molecule has 0 aliphatic carbocycles. The molecule has 1 heterocycles. The van der Waals surface area contributed by atoms with Crippen LogP contribution in [0.3, 0.4) is 0 Å². The summed E-state index contributed by atoms with van der Waals surface area (Å²) in [5.41, 5.74) is 0.995. The summed E-state index contributed by atoms with van der Waals surface area (Å²) >= 11 is 1.73. The molecule has 0 aromatic carbocycles.